The van der Waals surface area contributed by atoms with Crippen LogP contribution < -0.4 is 5.32 Å². The van der Waals surface area contributed by atoms with Crippen molar-refractivity contribution in [3.8, 4) is 5.75 Å². The summed E-state index contributed by atoms with van der Waals surface area (Å²) < 4.78 is 0.804. The molecule has 0 spiro atoms. The van der Waals surface area contributed by atoms with Gasteiger partial charge in [-0.15, -0.1) is 5.10 Å². The van der Waals surface area contributed by atoms with Crippen LogP contribution in [0.15, 0.2) is 51.1 Å². The minimum atomic E-state index is -0.526. The summed E-state index contributed by atoms with van der Waals surface area (Å²) in [6.45, 7) is 0. The van der Waals surface area contributed by atoms with Gasteiger partial charge in [0, 0.05) is 22.0 Å². The van der Waals surface area contributed by atoms with Gasteiger partial charge in [-0.25, -0.2) is 0 Å². The van der Waals surface area contributed by atoms with Gasteiger partial charge in [-0.3, -0.25) is 9.59 Å². The van der Waals surface area contributed by atoms with Crippen LogP contribution >= 0.6 is 27.7 Å². The highest BCUT2D eigenvalue weighted by molar-refractivity contribution is 9.10. The maximum absolute atomic E-state index is 12.7. The molecule has 6 nitrogen and oxygen atoms in total. The van der Waals surface area contributed by atoms with E-state index in [1.165, 1.54) is 35.5 Å². The predicted octanol–water partition coefficient (Wildman–Crippen LogP) is 4.23. The lowest BCUT2D eigenvalue weighted by atomic mass is 9.89. The third-order valence-corrected chi connectivity index (χ3v) is 6.72. The van der Waals surface area contributed by atoms with E-state index >= 15 is 0 Å². The van der Waals surface area contributed by atoms with Crippen LogP contribution in [0.25, 0.3) is 0 Å². The number of Topliss-reactive ketones (excluding diaryl/α,β-unsaturated/α-hetero) is 1. The van der Waals surface area contributed by atoms with Gasteiger partial charge >= 0.3 is 0 Å². The van der Waals surface area contributed by atoms with Gasteiger partial charge in [0.1, 0.15) is 5.75 Å². The zero-order valence-electron chi connectivity index (χ0n) is 16.1. The molecule has 1 amide bonds. The van der Waals surface area contributed by atoms with Crippen LogP contribution in [-0.2, 0) is 17.6 Å². The highest BCUT2D eigenvalue weighted by atomic mass is 79.9. The van der Waals surface area contributed by atoms with Gasteiger partial charge in [0.25, 0.3) is 0 Å². The standard InChI is InChI=1S/C22H20BrN3O3S/c23-17-7-8-18(27)16(10-17)12-24-26-22-25-21(29)20(30-22)11-19(28)15-6-5-13-3-1-2-4-14(13)9-15/h5-10,12,20,27H,1-4,11H2,(H,25,26,29)/b24-12+. The minimum absolute atomic E-state index is 0.0418. The summed E-state index contributed by atoms with van der Waals surface area (Å²) >= 11 is 4.53. The number of benzene rings is 2. The third-order valence-electron chi connectivity index (χ3n) is 5.15. The van der Waals surface area contributed by atoms with E-state index in [-0.39, 0.29) is 23.9 Å². The van der Waals surface area contributed by atoms with Crippen molar-refractivity contribution in [3.05, 3.63) is 63.1 Å². The smallest absolute Gasteiger partial charge is 0.240 e. The minimum Gasteiger partial charge on any atom is -0.507 e. The van der Waals surface area contributed by atoms with E-state index in [4.69, 9.17) is 0 Å². The molecular formula is C22H20BrN3O3S. The number of nitrogens with one attached hydrogen (secondary N) is 1. The first-order chi connectivity index (χ1) is 14.5. The van der Waals surface area contributed by atoms with Crippen molar-refractivity contribution in [3.63, 3.8) is 0 Å². The molecule has 1 saturated heterocycles. The van der Waals surface area contributed by atoms with E-state index in [9.17, 15) is 14.7 Å². The molecule has 0 saturated carbocycles. The highest BCUT2D eigenvalue weighted by Gasteiger charge is 2.32. The second-order valence-corrected chi connectivity index (χ2v) is 9.37. The van der Waals surface area contributed by atoms with Crippen LogP contribution in [0, 0.1) is 0 Å². The van der Waals surface area contributed by atoms with Crippen molar-refractivity contribution >= 4 is 50.8 Å². The Morgan fingerprint density at radius 1 is 1.20 bits per heavy atom. The van der Waals surface area contributed by atoms with Gasteiger partial charge in [0.15, 0.2) is 11.0 Å². The Labute approximate surface area is 187 Å². The Hall–Kier alpha value is -2.45. The van der Waals surface area contributed by atoms with Gasteiger partial charge < -0.3 is 10.4 Å². The van der Waals surface area contributed by atoms with Gasteiger partial charge in [-0.1, -0.05) is 39.8 Å². The summed E-state index contributed by atoms with van der Waals surface area (Å²) in [6.07, 6.45) is 5.96. The molecule has 1 heterocycles. The van der Waals surface area contributed by atoms with Crippen LogP contribution in [0.5, 0.6) is 5.75 Å². The molecule has 2 N–H and O–H groups in total. The average Bonchev–Trinajstić information content (AvgIpc) is 3.09. The fourth-order valence-corrected chi connectivity index (χ4v) is 4.85. The number of aryl methyl sites for hydroxylation is 2. The Bertz CT molecular complexity index is 1070. The van der Waals surface area contributed by atoms with Crippen LogP contribution in [-0.4, -0.2) is 33.4 Å². The van der Waals surface area contributed by atoms with Crippen molar-refractivity contribution in [2.75, 3.05) is 0 Å². The van der Waals surface area contributed by atoms with Crippen molar-refractivity contribution in [2.24, 2.45) is 10.2 Å². The summed E-state index contributed by atoms with van der Waals surface area (Å²) in [5, 5.41) is 20.2. The maximum atomic E-state index is 12.7. The molecule has 0 bridgehead atoms. The fraction of sp³-hybridized carbons (Fsp3) is 0.273. The molecule has 1 aliphatic heterocycles. The second kappa shape index (κ2) is 9.14. The number of halogens is 1. The Morgan fingerprint density at radius 2 is 2.00 bits per heavy atom. The molecule has 1 aliphatic carbocycles. The van der Waals surface area contributed by atoms with E-state index in [0.29, 0.717) is 16.3 Å². The zero-order valence-corrected chi connectivity index (χ0v) is 18.5. The lowest BCUT2D eigenvalue weighted by molar-refractivity contribution is -0.118. The van der Waals surface area contributed by atoms with Gasteiger partial charge in [-0.05, 0) is 61.1 Å². The Kier molecular flexibility index (Phi) is 6.34. The number of fused-ring (bicyclic) bond motifs is 1. The van der Waals surface area contributed by atoms with Gasteiger partial charge in [0.2, 0.25) is 5.91 Å². The number of hydrogen-bond donors (Lipinski definition) is 2. The zero-order chi connectivity index (χ0) is 21.1. The number of hydrogen-bond acceptors (Lipinski definition) is 6. The first-order valence-electron chi connectivity index (χ1n) is 9.71. The predicted molar refractivity (Wildman–Crippen MR) is 122 cm³/mol. The molecule has 154 valence electrons. The van der Waals surface area contributed by atoms with Crippen molar-refractivity contribution < 1.29 is 14.7 Å². The number of aromatic hydroxyl groups is 1. The quantitative estimate of drug-likeness (QED) is 0.376. The number of carbonyl (C=O) groups excluding carboxylic acids is 2. The highest BCUT2D eigenvalue weighted by Crippen LogP contribution is 2.27. The molecule has 1 atom stereocenters. The van der Waals surface area contributed by atoms with E-state index in [2.05, 4.69) is 31.4 Å². The molecule has 30 heavy (non-hydrogen) atoms. The average molecular weight is 486 g/mol. The van der Waals surface area contributed by atoms with E-state index in [1.54, 1.807) is 18.2 Å². The van der Waals surface area contributed by atoms with Crippen molar-refractivity contribution in [1.82, 2.24) is 5.32 Å². The third kappa shape index (κ3) is 4.82. The molecule has 0 radical (unpaired) electrons. The van der Waals surface area contributed by atoms with Crippen LogP contribution in [0.3, 0.4) is 0 Å². The number of carbonyl (C=O) groups is 2. The Balaban J connectivity index is 1.40. The molecule has 2 aromatic rings. The van der Waals surface area contributed by atoms with Crippen LogP contribution in [0.2, 0.25) is 0 Å². The number of phenolic OH excluding ortho intramolecular Hbond substituents is 1. The number of phenols is 1. The topological polar surface area (TPSA) is 91.1 Å². The van der Waals surface area contributed by atoms with Crippen molar-refractivity contribution in [2.45, 2.75) is 37.4 Å². The van der Waals surface area contributed by atoms with E-state index in [0.717, 1.165) is 23.7 Å². The lowest BCUT2D eigenvalue weighted by Crippen LogP contribution is -2.26. The first kappa shape index (κ1) is 20.8. The van der Waals surface area contributed by atoms with E-state index in [1.807, 2.05) is 18.2 Å². The number of thioether (sulfide) groups is 1. The van der Waals surface area contributed by atoms with Crippen molar-refractivity contribution in [1.29, 1.82) is 0 Å². The largest absolute Gasteiger partial charge is 0.507 e. The Morgan fingerprint density at radius 3 is 2.83 bits per heavy atom. The summed E-state index contributed by atoms with van der Waals surface area (Å²) in [6, 6.07) is 10.9. The molecule has 8 heteroatoms. The number of nitrogens with zero attached hydrogens (tertiary/aromatic N) is 2. The van der Waals surface area contributed by atoms with Crippen LogP contribution in [0.4, 0.5) is 0 Å². The first-order valence-corrected chi connectivity index (χ1v) is 11.4. The van der Waals surface area contributed by atoms with Gasteiger partial charge in [-0.2, -0.15) is 5.10 Å². The number of ketones is 1. The second-order valence-electron chi connectivity index (χ2n) is 7.27. The van der Waals surface area contributed by atoms with Crippen LogP contribution in [0.1, 0.15) is 46.3 Å². The maximum Gasteiger partial charge on any atom is 0.240 e. The normalized spacial score (nSPS) is 19.8. The molecule has 4 rings (SSSR count). The number of rotatable bonds is 5. The summed E-state index contributed by atoms with van der Waals surface area (Å²) in [5.41, 5.74) is 3.75. The molecule has 1 unspecified atom stereocenters. The SMILES string of the molecule is O=C(CC1S/C(=N\N=C\c2cc(Br)ccc2O)NC1=O)c1ccc2c(c1)CCCC2. The molecule has 0 aromatic heterocycles. The molecular weight excluding hydrogens is 466 g/mol. The fourth-order valence-electron chi connectivity index (χ4n) is 3.55. The molecule has 1 fully saturated rings. The summed E-state index contributed by atoms with van der Waals surface area (Å²) in [7, 11) is 0. The summed E-state index contributed by atoms with van der Waals surface area (Å²) in [5.74, 6) is -0.204. The number of amidine groups is 1. The number of amides is 1. The molecule has 2 aromatic carbocycles. The molecule has 2 aliphatic rings. The lowest BCUT2D eigenvalue weighted by Gasteiger charge is -2.16. The van der Waals surface area contributed by atoms with E-state index < -0.39 is 5.25 Å². The summed E-state index contributed by atoms with van der Waals surface area (Å²) in [4.78, 5) is 25.0. The monoisotopic (exact) mass is 485 g/mol. The van der Waals surface area contributed by atoms with Gasteiger partial charge in [0.05, 0.1) is 11.5 Å².